The minimum Gasteiger partial charge on any atom is -0.480 e. The van der Waals surface area contributed by atoms with E-state index >= 15 is 0 Å². The van der Waals surface area contributed by atoms with E-state index in [9.17, 15) is 14.7 Å². The molecule has 2 rings (SSSR count). The number of nitrogens with zero attached hydrogens (tertiary/aromatic N) is 5. The van der Waals surface area contributed by atoms with Crippen LogP contribution in [0.5, 0.6) is 0 Å². The lowest BCUT2D eigenvalue weighted by molar-refractivity contribution is -0.138. The number of hydrogen-bond donors (Lipinski definition) is 2. The predicted molar refractivity (Wildman–Crippen MR) is 157 cm³/mol. The van der Waals surface area contributed by atoms with Crippen molar-refractivity contribution in [1.29, 1.82) is 0 Å². The average molecular weight is 729 g/mol. The van der Waals surface area contributed by atoms with E-state index in [-0.39, 0.29) is 13.1 Å². The van der Waals surface area contributed by atoms with E-state index in [1.165, 1.54) is 5.56 Å². The number of isothiocyanates is 1. The van der Waals surface area contributed by atoms with Crippen molar-refractivity contribution in [2.75, 3.05) is 65.4 Å². The van der Waals surface area contributed by atoms with Gasteiger partial charge in [-0.1, -0.05) is 12.1 Å². The topological polar surface area (TPSA) is 99.9 Å². The highest BCUT2D eigenvalue weighted by Gasteiger charge is 2.21. The molecule has 0 aromatic heterocycles. The van der Waals surface area contributed by atoms with Crippen molar-refractivity contribution in [3.8, 4) is 0 Å². The molecule has 1 aliphatic heterocycles. The molecule has 0 saturated carbocycles. The van der Waals surface area contributed by atoms with Gasteiger partial charge in [0.15, 0.2) is 0 Å². The van der Waals surface area contributed by atoms with Crippen LogP contribution in [-0.4, -0.2) is 109 Å². The molecule has 0 aliphatic carbocycles. The van der Waals surface area contributed by atoms with Crippen molar-refractivity contribution >= 4 is 80.7 Å². The largest absolute Gasteiger partial charge is 0.480 e. The van der Waals surface area contributed by atoms with Crippen molar-refractivity contribution in [3.05, 3.63) is 29.8 Å². The standard InChI is InChI=1S/C23H33I2N5O4S/c24-29-9-2-8-28(16-22(31)32)12-11-27(7-1-10-30(25)17-23(33)34)14-20(15-29)13-19-3-5-21(6-4-19)26-18-35/h3-6,20H,1-2,7-17H2,(H,31,32)(H,33,34). The van der Waals surface area contributed by atoms with Crippen LogP contribution in [0.2, 0.25) is 0 Å². The van der Waals surface area contributed by atoms with Gasteiger partial charge in [-0.2, -0.15) is 4.99 Å². The fourth-order valence-corrected chi connectivity index (χ4v) is 5.85. The lowest BCUT2D eigenvalue weighted by Crippen LogP contribution is -2.41. The molecular weight excluding hydrogens is 696 g/mol. The summed E-state index contributed by atoms with van der Waals surface area (Å²) in [6.45, 7) is 6.57. The molecule has 1 aromatic carbocycles. The number of carboxylic acid groups (broad SMARTS) is 2. The highest BCUT2D eigenvalue weighted by molar-refractivity contribution is 14.1. The molecule has 1 saturated heterocycles. The second kappa shape index (κ2) is 16.9. The molecular formula is C23H33I2N5O4S. The summed E-state index contributed by atoms with van der Waals surface area (Å²) in [6, 6.07) is 8.10. The molecule has 1 aliphatic rings. The summed E-state index contributed by atoms with van der Waals surface area (Å²) in [5, 5.41) is 20.7. The molecule has 35 heavy (non-hydrogen) atoms. The van der Waals surface area contributed by atoms with Crippen LogP contribution in [-0.2, 0) is 16.0 Å². The maximum atomic E-state index is 11.4. The Morgan fingerprint density at radius 3 is 2.46 bits per heavy atom. The molecule has 0 spiro atoms. The van der Waals surface area contributed by atoms with E-state index < -0.39 is 11.9 Å². The Hall–Kier alpha value is -0.740. The first-order chi connectivity index (χ1) is 16.7. The molecule has 1 fully saturated rings. The molecule has 9 nitrogen and oxygen atoms in total. The average Bonchev–Trinajstić information content (AvgIpc) is 2.80. The Balaban J connectivity index is 2.11. The molecule has 1 atom stereocenters. The van der Waals surface area contributed by atoms with E-state index in [1.54, 1.807) is 3.11 Å². The first-order valence-corrected chi connectivity index (χ1v) is 14.0. The third-order valence-electron chi connectivity index (χ3n) is 5.76. The van der Waals surface area contributed by atoms with E-state index in [4.69, 9.17) is 17.3 Å². The molecule has 12 heteroatoms. The highest BCUT2D eigenvalue weighted by Crippen LogP contribution is 2.19. The Kier molecular flexibility index (Phi) is 14.7. The van der Waals surface area contributed by atoms with Crippen molar-refractivity contribution in [3.63, 3.8) is 0 Å². The van der Waals surface area contributed by atoms with Gasteiger partial charge in [0.1, 0.15) is 6.54 Å². The predicted octanol–water partition coefficient (Wildman–Crippen LogP) is 3.45. The SMILES string of the molecule is O=C(O)CN(I)CCCN1CCN(CC(=O)O)CCCN(I)CC(Cc2ccc(N=C=S)cc2)C1. The zero-order chi connectivity index (χ0) is 25.6. The quantitative estimate of drug-likeness (QED) is 0.154. The van der Waals surface area contributed by atoms with Gasteiger partial charge >= 0.3 is 11.9 Å². The highest BCUT2D eigenvalue weighted by atomic mass is 127. The molecule has 0 amide bonds. The number of aliphatic carboxylic acids is 2. The monoisotopic (exact) mass is 729 g/mol. The van der Waals surface area contributed by atoms with Gasteiger partial charge in [-0.15, -0.1) is 0 Å². The molecule has 2 N–H and O–H groups in total. The summed E-state index contributed by atoms with van der Waals surface area (Å²) in [7, 11) is 0. The number of thiocarbonyl (C=S) groups is 1. The van der Waals surface area contributed by atoms with Gasteiger partial charge in [-0.25, -0.2) is 6.23 Å². The Bertz CT molecular complexity index is 857. The van der Waals surface area contributed by atoms with Gasteiger partial charge in [0.2, 0.25) is 0 Å². The second-order valence-electron chi connectivity index (χ2n) is 8.72. The number of carboxylic acids is 2. The second-order valence-corrected chi connectivity index (χ2v) is 11.6. The Labute approximate surface area is 240 Å². The molecule has 0 bridgehead atoms. The zero-order valence-electron chi connectivity index (χ0n) is 19.7. The van der Waals surface area contributed by atoms with Crippen LogP contribution in [0.4, 0.5) is 5.69 Å². The number of carbonyl (C=O) groups is 2. The lowest BCUT2D eigenvalue weighted by Gasteiger charge is -2.30. The normalized spacial score (nSPS) is 19.1. The Morgan fingerprint density at radius 1 is 1.09 bits per heavy atom. The molecule has 1 aromatic rings. The molecule has 194 valence electrons. The van der Waals surface area contributed by atoms with Crippen molar-refractivity contribution < 1.29 is 19.8 Å². The van der Waals surface area contributed by atoms with Gasteiger partial charge in [-0.05, 0) is 61.6 Å². The number of halogens is 2. The van der Waals surface area contributed by atoms with E-state index in [0.29, 0.717) is 19.0 Å². The molecule has 1 heterocycles. The molecule has 1 unspecified atom stereocenters. The van der Waals surface area contributed by atoms with Gasteiger partial charge in [-0.3, -0.25) is 14.5 Å². The number of aliphatic imine (C=N–C) groups is 1. The van der Waals surface area contributed by atoms with Gasteiger partial charge in [0.25, 0.3) is 0 Å². The number of benzene rings is 1. The summed E-state index contributed by atoms with van der Waals surface area (Å²) in [5.41, 5.74) is 2.04. The maximum Gasteiger partial charge on any atom is 0.318 e. The summed E-state index contributed by atoms with van der Waals surface area (Å²) in [5.74, 6) is -1.23. The van der Waals surface area contributed by atoms with Crippen LogP contribution < -0.4 is 0 Å². The summed E-state index contributed by atoms with van der Waals surface area (Å²) < 4.78 is 4.10. The smallest absolute Gasteiger partial charge is 0.318 e. The van der Waals surface area contributed by atoms with Gasteiger partial charge < -0.3 is 15.1 Å². The van der Waals surface area contributed by atoms with Gasteiger partial charge in [0, 0.05) is 91.5 Å². The van der Waals surface area contributed by atoms with Crippen molar-refractivity contribution in [2.45, 2.75) is 19.3 Å². The van der Waals surface area contributed by atoms with Crippen molar-refractivity contribution in [2.24, 2.45) is 10.9 Å². The molecule has 0 radical (unpaired) electrons. The fraction of sp³-hybridized carbons (Fsp3) is 0.609. The summed E-state index contributed by atoms with van der Waals surface area (Å²) >= 11 is 9.14. The van der Waals surface area contributed by atoms with Crippen LogP contribution in [0.1, 0.15) is 18.4 Å². The minimum atomic E-state index is -0.830. The van der Waals surface area contributed by atoms with Crippen molar-refractivity contribution in [1.82, 2.24) is 16.0 Å². The van der Waals surface area contributed by atoms with Crippen LogP contribution in [0.3, 0.4) is 0 Å². The van der Waals surface area contributed by atoms with E-state index in [2.05, 4.69) is 76.0 Å². The maximum absolute atomic E-state index is 11.4. The summed E-state index contributed by atoms with van der Waals surface area (Å²) in [6.07, 6.45) is 2.69. The first-order valence-electron chi connectivity index (χ1n) is 11.6. The van der Waals surface area contributed by atoms with Crippen LogP contribution >= 0.6 is 57.9 Å². The van der Waals surface area contributed by atoms with Crippen LogP contribution in [0.25, 0.3) is 0 Å². The third-order valence-corrected chi connectivity index (χ3v) is 7.55. The number of hydrogen-bond acceptors (Lipinski definition) is 8. The minimum absolute atomic E-state index is 0.0165. The summed E-state index contributed by atoms with van der Waals surface area (Å²) in [4.78, 5) is 30.8. The van der Waals surface area contributed by atoms with Gasteiger partial charge in [0.05, 0.1) is 17.4 Å². The van der Waals surface area contributed by atoms with E-state index in [1.807, 2.05) is 17.0 Å². The van der Waals surface area contributed by atoms with Crippen LogP contribution in [0.15, 0.2) is 29.3 Å². The van der Waals surface area contributed by atoms with E-state index in [0.717, 1.165) is 64.2 Å². The Morgan fingerprint density at radius 2 is 1.80 bits per heavy atom. The first kappa shape index (κ1) is 30.5. The van der Waals surface area contributed by atoms with Crippen LogP contribution in [0, 0.1) is 5.92 Å². The zero-order valence-corrected chi connectivity index (χ0v) is 24.8. The fourth-order valence-electron chi connectivity index (χ4n) is 4.21. The third kappa shape index (κ3) is 13.4. The number of rotatable bonds is 11. The lowest BCUT2D eigenvalue weighted by atomic mass is 9.98.